The van der Waals surface area contributed by atoms with Gasteiger partial charge in [0.15, 0.2) is 0 Å². The third-order valence-corrected chi connectivity index (χ3v) is 3.66. The van der Waals surface area contributed by atoms with E-state index in [0.717, 1.165) is 5.56 Å². The Balaban J connectivity index is 3.47. The summed E-state index contributed by atoms with van der Waals surface area (Å²) in [5, 5.41) is 9.12. The molecule has 1 atom stereocenters. The summed E-state index contributed by atoms with van der Waals surface area (Å²) in [7, 11) is 0. The normalized spacial score (nSPS) is 12.6. The van der Waals surface area contributed by atoms with Gasteiger partial charge in [0.2, 0.25) is 0 Å². The molecule has 2 nitrogen and oxygen atoms in total. The van der Waals surface area contributed by atoms with Crippen molar-refractivity contribution in [1.29, 1.82) is 0 Å². The molecule has 0 aromatic heterocycles. The predicted molar refractivity (Wildman–Crippen MR) is 64.2 cm³/mol. The number of benzene rings is 1. The Kier molecular flexibility index (Phi) is 4.08. The Morgan fingerprint density at radius 2 is 2.06 bits per heavy atom. The van der Waals surface area contributed by atoms with Gasteiger partial charge in [-0.1, -0.05) is 22.9 Å². The fourth-order valence-electron chi connectivity index (χ4n) is 1.89. The Morgan fingerprint density at radius 3 is 2.50 bits per heavy atom. The maximum Gasteiger partial charge on any atom is 0.310 e. The first kappa shape index (κ1) is 13.2. The zero-order valence-corrected chi connectivity index (χ0v) is 11.1. The molecule has 1 aromatic rings. The highest BCUT2D eigenvalue weighted by atomic mass is 79.9. The molecular weight excluding hydrogens is 275 g/mol. The zero-order chi connectivity index (χ0) is 12.5. The number of hydrogen-bond acceptors (Lipinski definition) is 1. The van der Waals surface area contributed by atoms with Gasteiger partial charge >= 0.3 is 5.97 Å². The summed E-state index contributed by atoms with van der Waals surface area (Å²) in [5.74, 6) is -1.93. The second-order valence-corrected chi connectivity index (χ2v) is 4.66. The van der Waals surface area contributed by atoms with Gasteiger partial charge in [-0.25, -0.2) is 4.39 Å². The highest BCUT2D eigenvalue weighted by Gasteiger charge is 2.24. The van der Waals surface area contributed by atoms with E-state index < -0.39 is 11.9 Å². The third kappa shape index (κ3) is 2.26. The third-order valence-electron chi connectivity index (χ3n) is 2.83. The molecule has 16 heavy (non-hydrogen) atoms. The second-order valence-electron chi connectivity index (χ2n) is 3.80. The zero-order valence-electron chi connectivity index (χ0n) is 9.47. The summed E-state index contributed by atoms with van der Waals surface area (Å²) in [6.45, 7) is 5.21. The molecule has 1 aromatic carbocycles. The molecular formula is C12H14BrFO2. The molecule has 0 radical (unpaired) electrons. The molecule has 0 aliphatic rings. The number of halogens is 2. The van der Waals surface area contributed by atoms with Crippen molar-refractivity contribution in [2.45, 2.75) is 33.1 Å². The van der Waals surface area contributed by atoms with Crippen molar-refractivity contribution in [3.05, 3.63) is 33.0 Å². The van der Waals surface area contributed by atoms with Crippen LogP contribution in [0.25, 0.3) is 0 Å². The number of rotatable bonds is 3. The van der Waals surface area contributed by atoms with Gasteiger partial charge in [0.05, 0.1) is 5.92 Å². The van der Waals surface area contributed by atoms with E-state index in [2.05, 4.69) is 15.9 Å². The first-order valence-electron chi connectivity index (χ1n) is 5.08. The van der Waals surface area contributed by atoms with Gasteiger partial charge in [-0.05, 0) is 43.0 Å². The molecule has 0 amide bonds. The fraction of sp³-hybridized carbons (Fsp3) is 0.417. The number of carbonyl (C=O) groups is 1. The largest absolute Gasteiger partial charge is 0.481 e. The first-order chi connectivity index (χ1) is 7.40. The molecule has 4 heteroatoms. The molecule has 1 unspecified atom stereocenters. The van der Waals surface area contributed by atoms with Gasteiger partial charge in [-0.3, -0.25) is 4.79 Å². The second kappa shape index (κ2) is 4.95. The van der Waals surface area contributed by atoms with Crippen LogP contribution in [0.1, 0.15) is 36.0 Å². The van der Waals surface area contributed by atoms with Crippen LogP contribution in [0.5, 0.6) is 0 Å². The van der Waals surface area contributed by atoms with Crippen molar-refractivity contribution in [3.8, 4) is 0 Å². The lowest BCUT2D eigenvalue weighted by Gasteiger charge is -2.18. The number of carboxylic acids is 1. The van der Waals surface area contributed by atoms with Crippen LogP contribution in [0.15, 0.2) is 10.5 Å². The van der Waals surface area contributed by atoms with Crippen LogP contribution in [0, 0.1) is 19.7 Å². The summed E-state index contributed by atoms with van der Waals surface area (Å²) in [6, 6.07) is 1.38. The molecule has 0 fully saturated rings. The van der Waals surface area contributed by atoms with Crippen LogP contribution < -0.4 is 0 Å². The molecule has 1 rings (SSSR count). The fourth-order valence-corrected chi connectivity index (χ4v) is 2.31. The molecule has 0 saturated carbocycles. The van der Waals surface area contributed by atoms with E-state index in [0.29, 0.717) is 22.0 Å². The number of aliphatic carboxylic acids is 1. The Labute approximate surface area is 103 Å². The maximum atomic E-state index is 13.6. The highest BCUT2D eigenvalue weighted by Crippen LogP contribution is 2.32. The lowest BCUT2D eigenvalue weighted by Crippen LogP contribution is -2.14. The first-order valence-corrected chi connectivity index (χ1v) is 5.87. The average molecular weight is 289 g/mol. The molecule has 0 saturated heterocycles. The van der Waals surface area contributed by atoms with Crippen molar-refractivity contribution in [3.63, 3.8) is 0 Å². The molecule has 88 valence electrons. The van der Waals surface area contributed by atoms with E-state index in [1.54, 1.807) is 20.8 Å². The van der Waals surface area contributed by atoms with Gasteiger partial charge in [-0.2, -0.15) is 0 Å². The monoisotopic (exact) mass is 288 g/mol. The van der Waals surface area contributed by atoms with Crippen molar-refractivity contribution in [2.75, 3.05) is 0 Å². The van der Waals surface area contributed by atoms with E-state index in [1.165, 1.54) is 6.07 Å². The standard InChI is InChI=1S/C12H14BrFO2/c1-4-8(12(15)16)11-6(2)9(13)5-10(14)7(11)3/h5,8H,4H2,1-3H3,(H,15,16). The quantitative estimate of drug-likeness (QED) is 0.919. The Morgan fingerprint density at radius 1 is 1.50 bits per heavy atom. The van der Waals surface area contributed by atoms with E-state index in [1.807, 2.05) is 0 Å². The minimum atomic E-state index is -0.911. The van der Waals surface area contributed by atoms with Crippen LogP contribution in [-0.2, 0) is 4.79 Å². The molecule has 0 aliphatic carbocycles. The topological polar surface area (TPSA) is 37.3 Å². The van der Waals surface area contributed by atoms with Crippen molar-refractivity contribution >= 4 is 21.9 Å². The van der Waals surface area contributed by atoms with Gasteiger partial charge in [0.25, 0.3) is 0 Å². The number of hydrogen-bond donors (Lipinski definition) is 1. The van der Waals surface area contributed by atoms with Crippen LogP contribution in [0.4, 0.5) is 4.39 Å². The van der Waals surface area contributed by atoms with Gasteiger partial charge in [-0.15, -0.1) is 0 Å². The minimum absolute atomic E-state index is 0.368. The van der Waals surface area contributed by atoms with E-state index in [-0.39, 0.29) is 5.82 Å². The van der Waals surface area contributed by atoms with Gasteiger partial charge in [0, 0.05) is 4.47 Å². The summed E-state index contributed by atoms with van der Waals surface area (Å²) >= 11 is 3.24. The summed E-state index contributed by atoms with van der Waals surface area (Å²) in [4.78, 5) is 11.1. The van der Waals surface area contributed by atoms with Crippen LogP contribution >= 0.6 is 15.9 Å². The summed E-state index contributed by atoms with van der Waals surface area (Å²) in [5.41, 5.74) is 1.81. The van der Waals surface area contributed by atoms with E-state index >= 15 is 0 Å². The van der Waals surface area contributed by atoms with Gasteiger partial charge in [0.1, 0.15) is 5.82 Å². The van der Waals surface area contributed by atoms with Crippen molar-refractivity contribution < 1.29 is 14.3 Å². The molecule has 0 spiro atoms. The maximum absolute atomic E-state index is 13.6. The smallest absolute Gasteiger partial charge is 0.310 e. The van der Waals surface area contributed by atoms with Crippen molar-refractivity contribution in [2.24, 2.45) is 0 Å². The highest BCUT2D eigenvalue weighted by molar-refractivity contribution is 9.10. The van der Waals surface area contributed by atoms with E-state index in [4.69, 9.17) is 5.11 Å². The van der Waals surface area contributed by atoms with E-state index in [9.17, 15) is 9.18 Å². The summed E-state index contributed by atoms with van der Waals surface area (Å²) < 4.78 is 14.2. The lowest BCUT2D eigenvalue weighted by molar-refractivity contribution is -0.138. The average Bonchev–Trinajstić information content (AvgIpc) is 2.21. The Hall–Kier alpha value is -0.900. The minimum Gasteiger partial charge on any atom is -0.481 e. The lowest BCUT2D eigenvalue weighted by atomic mass is 9.89. The molecule has 0 heterocycles. The molecule has 1 N–H and O–H groups in total. The molecule has 0 aliphatic heterocycles. The Bertz CT molecular complexity index is 403. The summed E-state index contributed by atoms with van der Waals surface area (Å²) in [6.07, 6.45) is 0.451. The van der Waals surface area contributed by atoms with Crippen molar-refractivity contribution in [1.82, 2.24) is 0 Å². The van der Waals surface area contributed by atoms with Gasteiger partial charge < -0.3 is 5.11 Å². The van der Waals surface area contributed by atoms with Crippen LogP contribution in [-0.4, -0.2) is 11.1 Å². The van der Waals surface area contributed by atoms with Crippen LogP contribution in [0.2, 0.25) is 0 Å². The molecule has 0 bridgehead atoms. The predicted octanol–water partition coefficient (Wildman–Crippen LogP) is 3.78. The van der Waals surface area contributed by atoms with Crippen LogP contribution in [0.3, 0.4) is 0 Å². The number of carboxylic acid groups (broad SMARTS) is 1. The SMILES string of the molecule is CCC(C(=O)O)c1c(C)c(F)cc(Br)c1C.